The number of amides is 1. The van der Waals surface area contributed by atoms with E-state index in [1.165, 1.54) is 5.56 Å². The lowest BCUT2D eigenvalue weighted by molar-refractivity contribution is -0.0485. The van der Waals surface area contributed by atoms with Crippen LogP contribution >= 0.6 is 0 Å². The van der Waals surface area contributed by atoms with Gasteiger partial charge in [-0.1, -0.05) is 42.5 Å². The topological polar surface area (TPSA) is 48.0 Å². The van der Waals surface area contributed by atoms with E-state index in [4.69, 9.17) is 14.2 Å². The number of benzene rings is 2. The van der Waals surface area contributed by atoms with Gasteiger partial charge in [-0.25, -0.2) is 4.79 Å². The minimum absolute atomic E-state index is 0.119. The van der Waals surface area contributed by atoms with Crippen LogP contribution in [0.3, 0.4) is 0 Å². The molecule has 2 heterocycles. The van der Waals surface area contributed by atoms with Crippen LogP contribution in [0.4, 0.5) is 4.79 Å². The maximum atomic E-state index is 12.3. The SMILES string of the molecule is CC(C)(C)OC(=O)N1CCC2(CC1)CC(c1ccc(OCc3ccccc3)cc1)CO2. The average molecular weight is 424 g/mol. The molecule has 1 spiro atoms. The van der Waals surface area contributed by atoms with Gasteiger partial charge >= 0.3 is 6.09 Å². The molecule has 2 fully saturated rings. The second-order valence-corrected chi connectivity index (χ2v) is 9.71. The summed E-state index contributed by atoms with van der Waals surface area (Å²) in [5.74, 6) is 1.27. The molecule has 2 saturated heterocycles. The van der Waals surface area contributed by atoms with Gasteiger partial charge in [-0.3, -0.25) is 0 Å². The molecule has 5 heteroatoms. The summed E-state index contributed by atoms with van der Waals surface area (Å²) in [5, 5.41) is 0. The fourth-order valence-corrected chi connectivity index (χ4v) is 4.41. The highest BCUT2D eigenvalue weighted by Gasteiger charge is 2.44. The van der Waals surface area contributed by atoms with Crippen molar-refractivity contribution in [2.24, 2.45) is 0 Å². The lowest BCUT2D eigenvalue weighted by Crippen LogP contribution is -2.47. The van der Waals surface area contributed by atoms with E-state index in [0.717, 1.165) is 37.2 Å². The second kappa shape index (κ2) is 8.91. The molecule has 2 aromatic rings. The van der Waals surface area contributed by atoms with Gasteiger partial charge in [0.15, 0.2) is 0 Å². The Labute approximate surface area is 185 Å². The third-order valence-electron chi connectivity index (χ3n) is 6.14. The molecule has 2 aliphatic heterocycles. The van der Waals surface area contributed by atoms with Gasteiger partial charge in [0.2, 0.25) is 0 Å². The molecule has 0 N–H and O–H groups in total. The number of nitrogens with zero attached hydrogens (tertiary/aromatic N) is 1. The van der Waals surface area contributed by atoms with Crippen LogP contribution in [0.1, 0.15) is 57.1 Å². The van der Waals surface area contributed by atoms with Gasteiger partial charge in [0, 0.05) is 19.0 Å². The summed E-state index contributed by atoms with van der Waals surface area (Å²) in [6, 6.07) is 18.6. The Morgan fingerprint density at radius 2 is 1.74 bits per heavy atom. The van der Waals surface area contributed by atoms with Crippen LogP contribution in [0, 0.1) is 0 Å². The molecule has 166 valence electrons. The first-order valence-corrected chi connectivity index (χ1v) is 11.2. The van der Waals surface area contributed by atoms with E-state index in [9.17, 15) is 4.79 Å². The van der Waals surface area contributed by atoms with Crippen molar-refractivity contribution in [3.8, 4) is 5.75 Å². The molecule has 0 saturated carbocycles. The van der Waals surface area contributed by atoms with E-state index in [2.05, 4.69) is 24.3 Å². The van der Waals surface area contributed by atoms with Gasteiger partial charge < -0.3 is 19.1 Å². The molecular weight excluding hydrogens is 390 g/mol. The van der Waals surface area contributed by atoms with Crippen LogP contribution in [0.15, 0.2) is 54.6 Å². The highest BCUT2D eigenvalue weighted by atomic mass is 16.6. The summed E-state index contributed by atoms with van der Waals surface area (Å²) in [6.45, 7) is 8.39. The van der Waals surface area contributed by atoms with Crippen LogP contribution in [-0.4, -0.2) is 41.9 Å². The summed E-state index contributed by atoms with van der Waals surface area (Å²) in [5.41, 5.74) is 1.87. The van der Waals surface area contributed by atoms with Crippen molar-refractivity contribution in [1.82, 2.24) is 4.90 Å². The first kappa shape index (κ1) is 21.7. The summed E-state index contributed by atoms with van der Waals surface area (Å²) in [4.78, 5) is 14.1. The Balaban J connectivity index is 1.28. The summed E-state index contributed by atoms with van der Waals surface area (Å²) in [6.07, 6.45) is 2.50. The molecule has 5 nitrogen and oxygen atoms in total. The lowest BCUT2D eigenvalue weighted by atomic mass is 9.83. The standard InChI is InChI=1S/C26H33NO4/c1-25(2,3)31-24(28)27-15-13-26(14-16-27)17-22(19-30-26)21-9-11-23(12-10-21)29-18-20-7-5-4-6-8-20/h4-12,22H,13-19H2,1-3H3. The van der Waals surface area contributed by atoms with Crippen LogP contribution in [-0.2, 0) is 16.1 Å². The van der Waals surface area contributed by atoms with E-state index < -0.39 is 5.60 Å². The van der Waals surface area contributed by atoms with Crippen molar-refractivity contribution >= 4 is 6.09 Å². The predicted molar refractivity (Wildman–Crippen MR) is 120 cm³/mol. The minimum Gasteiger partial charge on any atom is -0.489 e. The average Bonchev–Trinajstić information content (AvgIpc) is 3.16. The largest absolute Gasteiger partial charge is 0.489 e. The number of carbonyl (C=O) groups is 1. The first-order chi connectivity index (χ1) is 14.8. The Morgan fingerprint density at radius 1 is 1.06 bits per heavy atom. The van der Waals surface area contributed by atoms with E-state index in [0.29, 0.717) is 25.6 Å². The van der Waals surface area contributed by atoms with Crippen molar-refractivity contribution in [1.29, 1.82) is 0 Å². The predicted octanol–water partition coefficient (Wildman–Crippen LogP) is 5.54. The quantitative estimate of drug-likeness (QED) is 0.648. The Kier molecular flexibility index (Phi) is 6.24. The summed E-state index contributed by atoms with van der Waals surface area (Å²) < 4.78 is 17.7. The Morgan fingerprint density at radius 3 is 2.39 bits per heavy atom. The van der Waals surface area contributed by atoms with Crippen LogP contribution < -0.4 is 4.74 Å². The number of hydrogen-bond donors (Lipinski definition) is 0. The van der Waals surface area contributed by atoms with Crippen molar-refractivity contribution < 1.29 is 19.0 Å². The molecule has 1 atom stereocenters. The molecule has 0 radical (unpaired) electrons. The molecule has 31 heavy (non-hydrogen) atoms. The number of ether oxygens (including phenoxy) is 3. The molecule has 2 aliphatic rings. The maximum Gasteiger partial charge on any atom is 0.410 e. The fourth-order valence-electron chi connectivity index (χ4n) is 4.41. The molecule has 0 aliphatic carbocycles. The third kappa shape index (κ3) is 5.59. The van der Waals surface area contributed by atoms with Gasteiger partial charge in [-0.15, -0.1) is 0 Å². The molecule has 1 unspecified atom stereocenters. The van der Waals surface area contributed by atoms with Crippen molar-refractivity contribution in [3.63, 3.8) is 0 Å². The minimum atomic E-state index is -0.460. The number of carbonyl (C=O) groups excluding carboxylic acids is 1. The van der Waals surface area contributed by atoms with Crippen LogP contribution in [0.2, 0.25) is 0 Å². The first-order valence-electron chi connectivity index (χ1n) is 11.2. The highest BCUT2D eigenvalue weighted by molar-refractivity contribution is 5.68. The zero-order valence-corrected chi connectivity index (χ0v) is 18.8. The zero-order chi connectivity index (χ0) is 21.9. The third-order valence-corrected chi connectivity index (χ3v) is 6.14. The second-order valence-electron chi connectivity index (χ2n) is 9.71. The Hall–Kier alpha value is -2.53. The molecular formula is C26H33NO4. The Bertz CT molecular complexity index is 865. The van der Waals surface area contributed by atoms with E-state index in [1.807, 2.05) is 56.0 Å². The van der Waals surface area contributed by atoms with Gasteiger partial charge in [0.1, 0.15) is 18.0 Å². The smallest absolute Gasteiger partial charge is 0.410 e. The summed E-state index contributed by atoms with van der Waals surface area (Å²) in [7, 11) is 0. The maximum absolute atomic E-state index is 12.3. The van der Waals surface area contributed by atoms with Gasteiger partial charge in [-0.05, 0) is 63.3 Å². The van der Waals surface area contributed by atoms with E-state index >= 15 is 0 Å². The monoisotopic (exact) mass is 423 g/mol. The normalized spacial score (nSPS) is 20.6. The molecule has 0 aromatic heterocycles. The van der Waals surface area contributed by atoms with Gasteiger partial charge in [0.05, 0.1) is 12.2 Å². The number of rotatable bonds is 4. The lowest BCUT2D eigenvalue weighted by Gasteiger charge is -2.39. The van der Waals surface area contributed by atoms with Gasteiger partial charge in [0.25, 0.3) is 0 Å². The van der Waals surface area contributed by atoms with Crippen LogP contribution in [0.5, 0.6) is 5.75 Å². The molecule has 0 bridgehead atoms. The van der Waals surface area contributed by atoms with Crippen LogP contribution in [0.25, 0.3) is 0 Å². The van der Waals surface area contributed by atoms with E-state index in [-0.39, 0.29) is 11.7 Å². The van der Waals surface area contributed by atoms with E-state index in [1.54, 1.807) is 0 Å². The number of hydrogen-bond acceptors (Lipinski definition) is 4. The van der Waals surface area contributed by atoms with Crippen molar-refractivity contribution in [2.75, 3.05) is 19.7 Å². The zero-order valence-electron chi connectivity index (χ0n) is 18.8. The summed E-state index contributed by atoms with van der Waals surface area (Å²) >= 11 is 0. The van der Waals surface area contributed by atoms with Crippen molar-refractivity contribution in [3.05, 3.63) is 65.7 Å². The molecule has 2 aromatic carbocycles. The van der Waals surface area contributed by atoms with Crippen molar-refractivity contribution in [2.45, 2.75) is 63.8 Å². The number of likely N-dealkylation sites (tertiary alicyclic amines) is 1. The highest BCUT2D eigenvalue weighted by Crippen LogP contribution is 2.43. The molecule has 1 amide bonds. The van der Waals surface area contributed by atoms with Gasteiger partial charge in [-0.2, -0.15) is 0 Å². The number of piperidine rings is 1. The molecule has 4 rings (SSSR count). The fraction of sp³-hybridized carbons (Fsp3) is 0.500.